The molecule has 0 bridgehead atoms. The zero-order valence-corrected chi connectivity index (χ0v) is 20.5. The van der Waals surface area contributed by atoms with E-state index in [1.165, 1.54) is 12.1 Å². The van der Waals surface area contributed by atoms with Gasteiger partial charge in [-0.3, -0.25) is 14.5 Å². The van der Waals surface area contributed by atoms with Crippen LogP contribution in [0.3, 0.4) is 0 Å². The number of fused-ring (bicyclic) bond motifs is 1. The summed E-state index contributed by atoms with van der Waals surface area (Å²) >= 11 is 0. The van der Waals surface area contributed by atoms with Crippen molar-refractivity contribution in [2.75, 3.05) is 24.7 Å². The van der Waals surface area contributed by atoms with Crippen LogP contribution in [0.2, 0.25) is 0 Å². The van der Waals surface area contributed by atoms with E-state index in [4.69, 9.17) is 9.84 Å². The number of carbonyl (C=O) groups excluding carboxylic acids is 2. The fourth-order valence-corrected chi connectivity index (χ4v) is 5.63. The SMILES string of the molecule is CCN1C(=O)C(NC(=O)c2cccc(C(F)(F)F)c2)CC(C2CC2)c2c(C)nn(C3CCOCC3)c21. The van der Waals surface area contributed by atoms with Crippen LogP contribution in [-0.2, 0) is 15.7 Å². The molecule has 3 aliphatic rings. The van der Waals surface area contributed by atoms with Gasteiger partial charge >= 0.3 is 6.18 Å². The second-order valence-corrected chi connectivity index (χ2v) is 9.98. The molecule has 2 fully saturated rings. The molecule has 7 nitrogen and oxygen atoms in total. The summed E-state index contributed by atoms with van der Waals surface area (Å²) in [6.45, 7) is 5.54. The van der Waals surface area contributed by atoms with Gasteiger partial charge in [0.15, 0.2) is 0 Å². The molecular weight excluding hydrogens is 473 g/mol. The van der Waals surface area contributed by atoms with Crippen molar-refractivity contribution in [3.63, 3.8) is 0 Å². The third kappa shape index (κ3) is 4.63. The van der Waals surface area contributed by atoms with Crippen molar-refractivity contribution >= 4 is 17.6 Å². The highest BCUT2D eigenvalue weighted by Gasteiger charge is 2.45. The second kappa shape index (κ2) is 9.53. The molecule has 1 saturated heterocycles. The van der Waals surface area contributed by atoms with Gasteiger partial charge in [-0.15, -0.1) is 0 Å². The number of ether oxygens (including phenoxy) is 1. The molecule has 10 heteroatoms. The van der Waals surface area contributed by atoms with Crippen LogP contribution >= 0.6 is 0 Å². The first kappa shape index (κ1) is 24.8. The maximum Gasteiger partial charge on any atom is 0.416 e. The van der Waals surface area contributed by atoms with Gasteiger partial charge in [-0.05, 0) is 76.0 Å². The Bertz CT molecular complexity index is 1150. The molecule has 2 aliphatic heterocycles. The van der Waals surface area contributed by atoms with E-state index < -0.39 is 23.7 Å². The highest BCUT2D eigenvalue weighted by molar-refractivity contribution is 6.03. The minimum absolute atomic E-state index is 0.0425. The molecular formula is C26H31F3N4O3. The Morgan fingerprint density at radius 3 is 2.56 bits per heavy atom. The van der Waals surface area contributed by atoms with Crippen molar-refractivity contribution in [3.05, 3.63) is 46.6 Å². The minimum atomic E-state index is -4.56. The quantitative estimate of drug-likeness (QED) is 0.645. The molecule has 0 spiro atoms. The summed E-state index contributed by atoms with van der Waals surface area (Å²) in [7, 11) is 0. The number of halogens is 3. The van der Waals surface area contributed by atoms with E-state index in [9.17, 15) is 22.8 Å². The van der Waals surface area contributed by atoms with Crippen molar-refractivity contribution in [1.29, 1.82) is 0 Å². The molecule has 1 N–H and O–H groups in total. The maximum absolute atomic E-state index is 13.8. The van der Waals surface area contributed by atoms with Gasteiger partial charge in [-0.25, -0.2) is 4.68 Å². The smallest absolute Gasteiger partial charge is 0.381 e. The number of alkyl halides is 3. The molecule has 1 aromatic heterocycles. The summed E-state index contributed by atoms with van der Waals surface area (Å²) in [6, 6.07) is 3.58. The average molecular weight is 505 g/mol. The molecule has 1 saturated carbocycles. The summed E-state index contributed by atoms with van der Waals surface area (Å²) in [5.41, 5.74) is 0.947. The van der Waals surface area contributed by atoms with Crippen molar-refractivity contribution in [2.24, 2.45) is 5.92 Å². The topological polar surface area (TPSA) is 76.5 Å². The summed E-state index contributed by atoms with van der Waals surface area (Å²) in [6.07, 6.45) is -0.453. The monoisotopic (exact) mass is 504 g/mol. The Kier molecular flexibility index (Phi) is 6.57. The van der Waals surface area contributed by atoms with Crippen molar-refractivity contribution in [3.8, 4) is 0 Å². The molecule has 36 heavy (non-hydrogen) atoms. The van der Waals surface area contributed by atoms with Crippen molar-refractivity contribution in [2.45, 2.75) is 70.1 Å². The largest absolute Gasteiger partial charge is 0.416 e. The molecule has 194 valence electrons. The van der Waals surface area contributed by atoms with E-state index in [1.807, 2.05) is 18.5 Å². The molecule has 0 radical (unpaired) electrons. The lowest BCUT2D eigenvalue weighted by Gasteiger charge is -2.29. The summed E-state index contributed by atoms with van der Waals surface area (Å²) in [5.74, 6) is 0.307. The highest BCUT2D eigenvalue weighted by atomic mass is 19.4. The van der Waals surface area contributed by atoms with E-state index in [2.05, 4.69) is 5.32 Å². The fraction of sp³-hybridized carbons (Fsp3) is 0.577. The third-order valence-corrected chi connectivity index (χ3v) is 7.59. The number of rotatable bonds is 5. The van der Waals surface area contributed by atoms with Crippen LogP contribution < -0.4 is 10.2 Å². The number of likely N-dealkylation sites (N-methyl/N-ethyl adjacent to an activating group) is 1. The number of aryl methyl sites for hydroxylation is 1. The summed E-state index contributed by atoms with van der Waals surface area (Å²) in [4.78, 5) is 28.6. The van der Waals surface area contributed by atoms with Crippen molar-refractivity contribution < 1.29 is 27.5 Å². The summed E-state index contributed by atoms with van der Waals surface area (Å²) < 4.78 is 47.1. The van der Waals surface area contributed by atoms with Crippen LogP contribution in [0.15, 0.2) is 24.3 Å². The van der Waals surface area contributed by atoms with E-state index in [0.717, 1.165) is 54.9 Å². The highest BCUT2D eigenvalue weighted by Crippen LogP contribution is 2.51. The van der Waals surface area contributed by atoms with Crippen LogP contribution in [0.25, 0.3) is 0 Å². The lowest BCUT2D eigenvalue weighted by atomic mass is 9.88. The van der Waals surface area contributed by atoms with Crippen LogP contribution in [0.5, 0.6) is 0 Å². The lowest BCUT2D eigenvalue weighted by Crippen LogP contribution is -2.49. The zero-order valence-electron chi connectivity index (χ0n) is 20.5. The van der Waals surface area contributed by atoms with Gasteiger partial charge in [0.1, 0.15) is 11.9 Å². The van der Waals surface area contributed by atoms with E-state index >= 15 is 0 Å². The number of amides is 2. The van der Waals surface area contributed by atoms with Gasteiger partial charge in [-0.1, -0.05) is 6.07 Å². The number of carbonyl (C=O) groups is 2. The number of benzene rings is 1. The third-order valence-electron chi connectivity index (χ3n) is 7.59. The standard InChI is InChI=1S/C26H31F3N4O3/c1-3-32-24-22(15(2)31-33(24)19-9-11-36-12-10-19)20(16-7-8-16)14-21(25(32)35)30-23(34)17-5-4-6-18(13-17)26(27,28)29/h4-6,13,16,19-21H,3,7-12,14H2,1-2H3,(H,30,34). The fourth-order valence-electron chi connectivity index (χ4n) is 5.63. The average Bonchev–Trinajstić information content (AvgIpc) is 3.66. The number of hydrogen-bond donors (Lipinski definition) is 1. The minimum Gasteiger partial charge on any atom is -0.381 e. The van der Waals surface area contributed by atoms with Crippen LogP contribution in [-0.4, -0.2) is 47.4 Å². The molecule has 1 aromatic carbocycles. The Labute approximate surface area is 208 Å². The molecule has 2 unspecified atom stereocenters. The van der Waals surface area contributed by atoms with E-state index in [0.29, 0.717) is 32.1 Å². The van der Waals surface area contributed by atoms with E-state index in [-0.39, 0.29) is 23.4 Å². The van der Waals surface area contributed by atoms with Crippen LogP contribution in [0.4, 0.5) is 19.0 Å². The predicted molar refractivity (Wildman–Crippen MR) is 127 cm³/mol. The van der Waals surface area contributed by atoms with Gasteiger partial charge in [-0.2, -0.15) is 18.3 Å². The van der Waals surface area contributed by atoms with Crippen LogP contribution in [0, 0.1) is 12.8 Å². The lowest BCUT2D eigenvalue weighted by molar-refractivity contribution is -0.137. The van der Waals surface area contributed by atoms with Gasteiger partial charge in [0, 0.05) is 30.9 Å². The predicted octanol–water partition coefficient (Wildman–Crippen LogP) is 4.61. The molecule has 3 heterocycles. The van der Waals surface area contributed by atoms with Crippen molar-refractivity contribution in [1.82, 2.24) is 15.1 Å². The molecule has 2 aromatic rings. The van der Waals surface area contributed by atoms with E-state index in [1.54, 1.807) is 4.90 Å². The second-order valence-electron chi connectivity index (χ2n) is 9.98. The normalized spacial score (nSPS) is 23.4. The molecule has 2 amide bonds. The maximum atomic E-state index is 13.8. The van der Waals surface area contributed by atoms with Gasteiger partial charge in [0.05, 0.1) is 17.3 Å². The first-order valence-corrected chi connectivity index (χ1v) is 12.6. The Morgan fingerprint density at radius 2 is 1.92 bits per heavy atom. The molecule has 1 aliphatic carbocycles. The first-order valence-electron chi connectivity index (χ1n) is 12.6. The van der Waals surface area contributed by atoms with Crippen LogP contribution in [0.1, 0.15) is 78.2 Å². The Balaban J connectivity index is 1.49. The number of hydrogen-bond acceptors (Lipinski definition) is 4. The van der Waals surface area contributed by atoms with Gasteiger partial charge in [0.2, 0.25) is 0 Å². The Hall–Kier alpha value is -2.88. The zero-order chi connectivity index (χ0) is 25.6. The molecule has 5 rings (SSSR count). The van der Waals surface area contributed by atoms with Gasteiger partial charge in [0.25, 0.3) is 11.8 Å². The number of nitrogens with zero attached hydrogens (tertiary/aromatic N) is 3. The van der Waals surface area contributed by atoms with Gasteiger partial charge < -0.3 is 10.1 Å². The molecule has 2 atom stereocenters. The number of aromatic nitrogens is 2. The number of anilines is 1. The summed E-state index contributed by atoms with van der Waals surface area (Å²) in [5, 5.41) is 7.67. The first-order chi connectivity index (χ1) is 17.2. The number of nitrogens with one attached hydrogen (secondary N) is 1. The Morgan fingerprint density at radius 1 is 1.19 bits per heavy atom.